The molecule has 5 rings (SSSR count). The number of hydrogen-bond acceptors (Lipinski definition) is 3. The summed E-state index contributed by atoms with van der Waals surface area (Å²) in [4.78, 5) is 26.4. The number of fused-ring (bicyclic) bond motifs is 3. The average molecular weight is 377 g/mol. The Labute approximate surface area is 162 Å². The molecule has 2 heterocycles. The molecule has 28 heavy (non-hydrogen) atoms. The van der Waals surface area contributed by atoms with Crippen LogP contribution >= 0.6 is 0 Å². The lowest BCUT2D eigenvalue weighted by molar-refractivity contribution is -0.132. The highest BCUT2D eigenvalue weighted by atomic mass is 16.3. The smallest absolute Gasteiger partial charge is 0.325 e. The van der Waals surface area contributed by atoms with Crippen molar-refractivity contribution < 1.29 is 14.7 Å². The summed E-state index contributed by atoms with van der Waals surface area (Å²) in [6.45, 7) is 2.10. The number of hydrogen-bond donors (Lipinski definition) is 2. The summed E-state index contributed by atoms with van der Waals surface area (Å²) in [6.07, 6.45) is 1.07. The third kappa shape index (κ3) is 2.52. The van der Waals surface area contributed by atoms with E-state index in [1.54, 1.807) is 6.92 Å². The van der Waals surface area contributed by atoms with Crippen molar-refractivity contribution in [2.75, 3.05) is 6.54 Å². The highest BCUT2D eigenvalue weighted by molar-refractivity contribution is 6.08. The summed E-state index contributed by atoms with van der Waals surface area (Å²) >= 11 is 0. The summed E-state index contributed by atoms with van der Waals surface area (Å²) in [6, 6.07) is 15.7. The van der Waals surface area contributed by atoms with Crippen LogP contribution in [0.25, 0.3) is 21.8 Å². The SMILES string of the molecule is C[C@]1(C2CC2)NC(=O)N(C[C@H](O)Cn2c3ccccc3c3ccccc32)C1=O. The maximum atomic E-state index is 12.8. The number of aromatic nitrogens is 1. The quantitative estimate of drug-likeness (QED) is 0.672. The van der Waals surface area contributed by atoms with Crippen LogP contribution in [0.15, 0.2) is 48.5 Å². The first-order valence-corrected chi connectivity index (χ1v) is 9.77. The van der Waals surface area contributed by atoms with Crippen molar-refractivity contribution in [1.29, 1.82) is 0 Å². The second-order valence-electron chi connectivity index (χ2n) is 8.12. The van der Waals surface area contributed by atoms with Crippen LogP contribution in [0, 0.1) is 5.92 Å². The summed E-state index contributed by atoms with van der Waals surface area (Å²) < 4.78 is 2.06. The third-order valence-electron chi connectivity index (χ3n) is 6.16. The lowest BCUT2D eigenvalue weighted by Crippen LogP contribution is -2.46. The lowest BCUT2D eigenvalue weighted by Gasteiger charge is -2.22. The van der Waals surface area contributed by atoms with E-state index in [1.165, 1.54) is 4.90 Å². The Morgan fingerprint density at radius 2 is 1.61 bits per heavy atom. The number of carbonyl (C=O) groups is 2. The molecule has 1 saturated carbocycles. The number of urea groups is 1. The highest BCUT2D eigenvalue weighted by Crippen LogP contribution is 2.42. The minimum absolute atomic E-state index is 0.00614. The van der Waals surface area contributed by atoms with Crippen molar-refractivity contribution in [3.63, 3.8) is 0 Å². The van der Waals surface area contributed by atoms with Crippen molar-refractivity contribution in [2.45, 2.75) is 38.0 Å². The molecule has 0 radical (unpaired) electrons. The molecule has 3 aromatic rings. The zero-order valence-electron chi connectivity index (χ0n) is 15.8. The van der Waals surface area contributed by atoms with Gasteiger partial charge in [0.25, 0.3) is 5.91 Å². The number of aliphatic hydroxyl groups is 1. The monoisotopic (exact) mass is 377 g/mol. The molecule has 2 fully saturated rings. The van der Waals surface area contributed by atoms with E-state index in [4.69, 9.17) is 0 Å². The van der Waals surface area contributed by atoms with Crippen LogP contribution in [-0.2, 0) is 11.3 Å². The van der Waals surface area contributed by atoms with Crippen LogP contribution in [0.5, 0.6) is 0 Å². The number of para-hydroxylation sites is 2. The number of nitrogens with one attached hydrogen (secondary N) is 1. The fraction of sp³-hybridized carbons (Fsp3) is 0.364. The molecule has 0 bridgehead atoms. The van der Waals surface area contributed by atoms with E-state index in [2.05, 4.69) is 22.0 Å². The molecule has 2 aliphatic rings. The van der Waals surface area contributed by atoms with Crippen LogP contribution in [0.1, 0.15) is 19.8 Å². The van der Waals surface area contributed by atoms with Crippen molar-refractivity contribution in [2.24, 2.45) is 5.92 Å². The maximum Gasteiger partial charge on any atom is 0.325 e. The number of β-amino-alcohol motifs (C(OH)–C–C–N with tert-alkyl or cyclic N) is 1. The molecule has 1 aliphatic carbocycles. The van der Waals surface area contributed by atoms with Gasteiger partial charge in [0.2, 0.25) is 0 Å². The Balaban J connectivity index is 1.42. The first-order chi connectivity index (χ1) is 13.5. The highest BCUT2D eigenvalue weighted by Gasteiger charge is 2.56. The predicted octanol–water partition coefficient (Wildman–Crippen LogP) is 2.88. The zero-order chi connectivity index (χ0) is 19.5. The van der Waals surface area contributed by atoms with Gasteiger partial charge in [-0.15, -0.1) is 0 Å². The Morgan fingerprint density at radius 1 is 1.04 bits per heavy atom. The minimum atomic E-state index is -0.851. The summed E-state index contributed by atoms with van der Waals surface area (Å²) in [7, 11) is 0. The van der Waals surface area contributed by atoms with Gasteiger partial charge in [0.1, 0.15) is 5.54 Å². The second-order valence-corrected chi connectivity index (χ2v) is 8.12. The molecule has 2 N–H and O–H groups in total. The Hall–Kier alpha value is -2.86. The molecular weight excluding hydrogens is 354 g/mol. The molecule has 6 heteroatoms. The number of benzene rings is 2. The van der Waals surface area contributed by atoms with Crippen LogP contribution in [0.4, 0.5) is 4.79 Å². The van der Waals surface area contributed by atoms with Crippen molar-refractivity contribution in [3.05, 3.63) is 48.5 Å². The summed E-state index contributed by atoms with van der Waals surface area (Å²) in [5, 5.41) is 15.9. The average Bonchev–Trinajstić information content (AvgIpc) is 3.48. The molecule has 3 amide bonds. The van der Waals surface area contributed by atoms with Gasteiger partial charge in [-0.05, 0) is 37.8 Å². The van der Waals surface area contributed by atoms with E-state index < -0.39 is 17.7 Å². The van der Waals surface area contributed by atoms with Gasteiger partial charge in [0.05, 0.1) is 19.2 Å². The minimum Gasteiger partial charge on any atom is -0.389 e. The van der Waals surface area contributed by atoms with Gasteiger partial charge >= 0.3 is 6.03 Å². The predicted molar refractivity (Wildman–Crippen MR) is 107 cm³/mol. The Bertz CT molecular complexity index is 1050. The molecule has 144 valence electrons. The molecule has 2 aromatic carbocycles. The molecule has 1 aromatic heterocycles. The first-order valence-electron chi connectivity index (χ1n) is 9.77. The Morgan fingerprint density at radius 3 is 2.18 bits per heavy atom. The number of rotatable bonds is 5. The maximum absolute atomic E-state index is 12.8. The topological polar surface area (TPSA) is 74.6 Å². The molecular formula is C22H23N3O3. The largest absolute Gasteiger partial charge is 0.389 e. The van der Waals surface area contributed by atoms with Gasteiger partial charge in [-0.1, -0.05) is 36.4 Å². The van der Waals surface area contributed by atoms with E-state index in [1.807, 2.05) is 36.4 Å². The molecule has 2 atom stereocenters. The molecule has 1 aliphatic heterocycles. The molecule has 0 spiro atoms. The standard InChI is InChI=1S/C22H23N3O3/c1-22(14-10-11-14)20(27)25(21(28)23-22)13-15(26)12-24-18-8-4-2-6-16(18)17-7-3-5-9-19(17)24/h2-9,14-15,26H,10-13H2,1H3,(H,23,28)/t15-,22-/m1/s1. The summed E-state index contributed by atoms with van der Waals surface area (Å²) in [5.41, 5.74) is 1.24. The zero-order valence-corrected chi connectivity index (χ0v) is 15.8. The Kier molecular flexibility index (Phi) is 3.74. The van der Waals surface area contributed by atoms with Gasteiger partial charge in [-0.2, -0.15) is 0 Å². The van der Waals surface area contributed by atoms with E-state index in [9.17, 15) is 14.7 Å². The fourth-order valence-electron chi connectivity index (χ4n) is 4.50. The lowest BCUT2D eigenvalue weighted by atomic mass is 9.96. The van der Waals surface area contributed by atoms with E-state index >= 15 is 0 Å². The van der Waals surface area contributed by atoms with Crippen LogP contribution in [0.2, 0.25) is 0 Å². The third-order valence-corrected chi connectivity index (χ3v) is 6.16. The number of imide groups is 1. The van der Waals surface area contributed by atoms with Gasteiger partial charge in [0.15, 0.2) is 0 Å². The van der Waals surface area contributed by atoms with Gasteiger partial charge in [-0.25, -0.2) is 4.79 Å². The molecule has 0 unspecified atom stereocenters. The van der Waals surface area contributed by atoms with E-state index in [0.717, 1.165) is 34.6 Å². The van der Waals surface area contributed by atoms with Crippen molar-refractivity contribution >= 4 is 33.7 Å². The first kappa shape index (κ1) is 17.3. The van der Waals surface area contributed by atoms with Gasteiger partial charge < -0.3 is 15.0 Å². The second kappa shape index (κ2) is 6.07. The number of carbonyl (C=O) groups excluding carboxylic acids is 2. The molecule has 6 nitrogen and oxygen atoms in total. The number of amides is 3. The number of nitrogens with zero attached hydrogens (tertiary/aromatic N) is 2. The van der Waals surface area contributed by atoms with Gasteiger partial charge in [-0.3, -0.25) is 9.69 Å². The van der Waals surface area contributed by atoms with E-state index in [-0.39, 0.29) is 18.4 Å². The fourth-order valence-corrected chi connectivity index (χ4v) is 4.50. The van der Waals surface area contributed by atoms with Crippen LogP contribution < -0.4 is 5.32 Å². The van der Waals surface area contributed by atoms with Crippen LogP contribution in [-0.4, -0.2) is 44.7 Å². The molecule has 1 saturated heterocycles. The van der Waals surface area contributed by atoms with Gasteiger partial charge in [0, 0.05) is 21.8 Å². The van der Waals surface area contributed by atoms with Crippen molar-refractivity contribution in [1.82, 2.24) is 14.8 Å². The normalized spacial score (nSPS) is 23.6. The van der Waals surface area contributed by atoms with E-state index in [0.29, 0.717) is 6.54 Å². The summed E-state index contributed by atoms with van der Waals surface area (Å²) in [5.74, 6) is -0.00954. The van der Waals surface area contributed by atoms with Crippen molar-refractivity contribution in [3.8, 4) is 0 Å². The number of aliphatic hydroxyl groups excluding tert-OH is 1. The van der Waals surface area contributed by atoms with Crippen LogP contribution in [0.3, 0.4) is 0 Å².